The van der Waals surface area contributed by atoms with E-state index in [9.17, 15) is 14.7 Å². The van der Waals surface area contributed by atoms with Crippen LogP contribution in [0, 0.1) is 0 Å². The van der Waals surface area contributed by atoms with Gasteiger partial charge in [-0.1, -0.05) is 30.7 Å². The maximum absolute atomic E-state index is 13.6. The van der Waals surface area contributed by atoms with Gasteiger partial charge in [-0.25, -0.2) is 4.98 Å². The molecule has 5 rings (SSSR count). The monoisotopic (exact) mass is 559 g/mol. The Kier molecular flexibility index (Phi) is 7.97. The molecule has 1 saturated heterocycles. The number of nitrogens with zero attached hydrogens (tertiary/aromatic N) is 3. The number of anilines is 1. The topological polar surface area (TPSA) is 111 Å². The van der Waals surface area contributed by atoms with Crippen molar-refractivity contribution in [2.24, 2.45) is 0 Å². The minimum atomic E-state index is -0.959. The molecule has 9 nitrogen and oxygen atoms in total. The fraction of sp³-hybridized carbons (Fsp3) is 0.267. The van der Waals surface area contributed by atoms with Crippen LogP contribution in [0.3, 0.4) is 0 Å². The molecule has 40 heavy (non-hydrogen) atoms. The molecule has 1 aliphatic heterocycles. The second kappa shape index (κ2) is 11.7. The summed E-state index contributed by atoms with van der Waals surface area (Å²) in [7, 11) is 1.58. The Balaban J connectivity index is 1.68. The highest BCUT2D eigenvalue weighted by atomic mass is 32.1. The molecular weight excluding hydrogens is 530 g/mol. The molecule has 1 aliphatic rings. The molecule has 0 radical (unpaired) electrons. The molecule has 1 atom stereocenters. The number of rotatable bonds is 10. The Morgan fingerprint density at radius 3 is 2.55 bits per heavy atom. The Morgan fingerprint density at radius 1 is 1.02 bits per heavy atom. The van der Waals surface area contributed by atoms with Gasteiger partial charge in [-0.15, -0.1) is 0 Å². The number of fused-ring (bicyclic) bond motifs is 1. The van der Waals surface area contributed by atoms with Crippen molar-refractivity contribution in [3.63, 3.8) is 0 Å². The van der Waals surface area contributed by atoms with Gasteiger partial charge >= 0.3 is 5.91 Å². The predicted molar refractivity (Wildman–Crippen MR) is 153 cm³/mol. The number of pyridine rings is 1. The van der Waals surface area contributed by atoms with Gasteiger partial charge in [-0.05, 0) is 61.4 Å². The lowest BCUT2D eigenvalue weighted by Crippen LogP contribution is -2.29. The van der Waals surface area contributed by atoms with Crippen molar-refractivity contribution in [1.29, 1.82) is 0 Å². The summed E-state index contributed by atoms with van der Waals surface area (Å²) in [5.74, 6) is -0.182. The maximum Gasteiger partial charge on any atom is 0.301 e. The van der Waals surface area contributed by atoms with Crippen LogP contribution in [-0.2, 0) is 9.59 Å². The number of aliphatic hydroxyl groups excluding tert-OH is 1. The van der Waals surface area contributed by atoms with Crippen LogP contribution in [0.4, 0.5) is 5.13 Å². The number of carbonyl (C=O) groups is 2. The summed E-state index contributed by atoms with van der Waals surface area (Å²) in [5, 5.41) is 11.7. The first kappa shape index (κ1) is 27.1. The fourth-order valence-electron chi connectivity index (χ4n) is 4.54. The number of benzene rings is 2. The molecule has 0 bridgehead atoms. The molecule has 0 spiro atoms. The zero-order valence-corrected chi connectivity index (χ0v) is 23.2. The van der Waals surface area contributed by atoms with E-state index in [4.69, 9.17) is 14.2 Å². The Morgan fingerprint density at radius 2 is 1.82 bits per heavy atom. The summed E-state index contributed by atoms with van der Waals surface area (Å²) in [4.78, 5) is 37.1. The summed E-state index contributed by atoms with van der Waals surface area (Å²) < 4.78 is 18.0. The predicted octanol–water partition coefficient (Wildman–Crippen LogP) is 5.90. The van der Waals surface area contributed by atoms with E-state index in [1.807, 2.05) is 13.0 Å². The third-order valence-electron chi connectivity index (χ3n) is 6.53. The number of ether oxygens (including phenoxy) is 3. The summed E-state index contributed by atoms with van der Waals surface area (Å²) in [6, 6.07) is 12.9. The summed E-state index contributed by atoms with van der Waals surface area (Å²) in [6.07, 6.45) is 4.90. The van der Waals surface area contributed by atoms with Gasteiger partial charge in [0.15, 0.2) is 16.6 Å². The molecule has 2 aromatic carbocycles. The van der Waals surface area contributed by atoms with Crippen molar-refractivity contribution in [1.82, 2.24) is 9.97 Å². The number of unbranched alkanes of at least 4 members (excludes halogenated alkanes) is 1. The van der Waals surface area contributed by atoms with Crippen LogP contribution in [0.15, 0.2) is 66.5 Å². The van der Waals surface area contributed by atoms with Gasteiger partial charge in [0.2, 0.25) is 0 Å². The smallest absolute Gasteiger partial charge is 0.301 e. The van der Waals surface area contributed by atoms with E-state index in [1.165, 1.54) is 28.6 Å². The molecular formula is C30H29N3O6S. The van der Waals surface area contributed by atoms with E-state index in [0.29, 0.717) is 52.2 Å². The molecule has 206 valence electrons. The van der Waals surface area contributed by atoms with E-state index < -0.39 is 17.7 Å². The first-order chi connectivity index (χ1) is 19.5. The Bertz CT molecular complexity index is 1580. The number of amides is 1. The molecule has 1 N–H and O–H groups in total. The fourth-order valence-corrected chi connectivity index (χ4v) is 5.56. The lowest BCUT2D eigenvalue weighted by molar-refractivity contribution is -0.132. The van der Waals surface area contributed by atoms with Crippen LogP contribution < -0.4 is 19.1 Å². The zero-order valence-electron chi connectivity index (χ0n) is 22.4. The van der Waals surface area contributed by atoms with E-state index in [2.05, 4.69) is 16.9 Å². The van der Waals surface area contributed by atoms with Gasteiger partial charge in [-0.2, -0.15) is 0 Å². The third kappa shape index (κ3) is 5.10. The standard InChI is InChI=1S/C30H29N3O6S/c1-4-6-15-39-22-10-7-19(16-23(22)38-5-2)26-25(27(34)18-11-13-31-14-12-18)28(35)29(36)33(26)30-32-21-9-8-20(37-3)17-24(21)40-30/h7-14,16-17,26,34H,4-6,15H2,1-3H3/b27-25+. The Hall–Kier alpha value is -4.44. The van der Waals surface area contributed by atoms with Crippen molar-refractivity contribution in [2.75, 3.05) is 25.2 Å². The van der Waals surface area contributed by atoms with Crippen molar-refractivity contribution in [3.8, 4) is 17.2 Å². The number of aromatic nitrogens is 2. The SMILES string of the molecule is CCCCOc1ccc(C2/C(=C(\O)c3ccncc3)C(=O)C(=O)N2c2nc3ccc(OC)cc3s2)cc1OCC. The van der Waals surface area contributed by atoms with Crippen LogP contribution in [0.1, 0.15) is 43.9 Å². The van der Waals surface area contributed by atoms with Crippen LogP contribution in [-0.4, -0.2) is 47.1 Å². The van der Waals surface area contributed by atoms with Crippen LogP contribution >= 0.6 is 11.3 Å². The Labute approximate surface area is 235 Å². The van der Waals surface area contributed by atoms with E-state index in [-0.39, 0.29) is 11.3 Å². The minimum Gasteiger partial charge on any atom is -0.507 e. The first-order valence-electron chi connectivity index (χ1n) is 13.0. The lowest BCUT2D eigenvalue weighted by atomic mass is 9.95. The highest BCUT2D eigenvalue weighted by molar-refractivity contribution is 7.22. The summed E-state index contributed by atoms with van der Waals surface area (Å²) in [6.45, 7) is 4.88. The van der Waals surface area contributed by atoms with Crippen molar-refractivity contribution < 1.29 is 28.9 Å². The van der Waals surface area contributed by atoms with Gasteiger partial charge in [0.05, 0.1) is 42.2 Å². The van der Waals surface area contributed by atoms with Crippen molar-refractivity contribution >= 4 is 44.1 Å². The van der Waals surface area contributed by atoms with Crippen LogP contribution in [0.25, 0.3) is 16.0 Å². The number of aliphatic hydroxyl groups is 1. The zero-order chi connectivity index (χ0) is 28.2. The summed E-state index contributed by atoms with van der Waals surface area (Å²) >= 11 is 1.26. The van der Waals surface area contributed by atoms with Gasteiger partial charge in [-0.3, -0.25) is 19.5 Å². The van der Waals surface area contributed by atoms with E-state index in [0.717, 1.165) is 17.5 Å². The molecule has 3 heterocycles. The van der Waals surface area contributed by atoms with Crippen molar-refractivity contribution in [3.05, 3.63) is 77.6 Å². The number of ketones is 1. The third-order valence-corrected chi connectivity index (χ3v) is 7.54. The quantitative estimate of drug-likeness (QED) is 0.111. The second-order valence-corrected chi connectivity index (χ2v) is 10.1. The highest BCUT2D eigenvalue weighted by Crippen LogP contribution is 2.46. The molecule has 1 fully saturated rings. The molecule has 2 aromatic heterocycles. The molecule has 10 heteroatoms. The number of methoxy groups -OCH3 is 1. The van der Waals surface area contributed by atoms with Crippen molar-refractivity contribution in [2.45, 2.75) is 32.7 Å². The molecule has 1 amide bonds. The highest BCUT2D eigenvalue weighted by Gasteiger charge is 2.48. The van der Waals surface area contributed by atoms with Gasteiger partial charge < -0.3 is 19.3 Å². The molecule has 1 unspecified atom stereocenters. The molecule has 0 aliphatic carbocycles. The maximum atomic E-state index is 13.6. The molecule has 0 saturated carbocycles. The van der Waals surface area contributed by atoms with Gasteiger partial charge in [0, 0.05) is 18.0 Å². The summed E-state index contributed by atoms with van der Waals surface area (Å²) in [5.41, 5.74) is 1.55. The average molecular weight is 560 g/mol. The van der Waals surface area contributed by atoms with E-state index in [1.54, 1.807) is 49.6 Å². The lowest BCUT2D eigenvalue weighted by Gasteiger charge is -2.24. The number of hydrogen-bond acceptors (Lipinski definition) is 9. The minimum absolute atomic E-state index is 0.0462. The van der Waals surface area contributed by atoms with Gasteiger partial charge in [0.25, 0.3) is 5.78 Å². The first-order valence-corrected chi connectivity index (χ1v) is 13.8. The largest absolute Gasteiger partial charge is 0.507 e. The molecule has 4 aromatic rings. The van der Waals surface area contributed by atoms with Crippen LogP contribution in [0.2, 0.25) is 0 Å². The number of thiazole rings is 1. The van der Waals surface area contributed by atoms with Gasteiger partial charge in [0.1, 0.15) is 11.5 Å². The number of hydrogen-bond donors (Lipinski definition) is 1. The van der Waals surface area contributed by atoms with Crippen LogP contribution in [0.5, 0.6) is 17.2 Å². The average Bonchev–Trinajstić information content (AvgIpc) is 3.51. The number of Topliss-reactive ketones (excluding diaryl/α,β-unsaturated/α-hetero) is 1. The van der Waals surface area contributed by atoms with E-state index >= 15 is 0 Å². The second-order valence-electron chi connectivity index (χ2n) is 9.08. The normalized spacial score (nSPS) is 16.5. The number of carbonyl (C=O) groups excluding carboxylic acids is 2.